The van der Waals surface area contributed by atoms with Crippen molar-refractivity contribution in [3.8, 4) is 0 Å². The van der Waals surface area contributed by atoms with E-state index < -0.39 is 0 Å². The third kappa shape index (κ3) is 7.13. The Hall–Kier alpha value is -0.877. The topological polar surface area (TPSA) is 0 Å². The van der Waals surface area contributed by atoms with Crippen molar-refractivity contribution in [1.29, 1.82) is 0 Å². The fourth-order valence-electron chi connectivity index (χ4n) is 8.81. The first kappa shape index (κ1) is 42.1. The van der Waals surface area contributed by atoms with Gasteiger partial charge < -0.3 is 13.8 Å². The van der Waals surface area contributed by atoms with Crippen LogP contribution in [0.5, 0.6) is 0 Å². The van der Waals surface area contributed by atoms with Gasteiger partial charge in [-0.2, -0.15) is 30.1 Å². The largest absolute Gasteiger partial charge is 0.358 e. The van der Waals surface area contributed by atoms with Gasteiger partial charge in [0.25, 0.3) is 0 Å². The Morgan fingerprint density at radius 3 is 2.07 bits per heavy atom. The summed E-state index contributed by atoms with van der Waals surface area (Å²) in [7, 11) is 0. The van der Waals surface area contributed by atoms with Gasteiger partial charge in [0.05, 0.1) is 0 Å². The van der Waals surface area contributed by atoms with Crippen LogP contribution in [0.3, 0.4) is 0 Å². The van der Waals surface area contributed by atoms with E-state index >= 15 is 0 Å². The van der Waals surface area contributed by atoms with Crippen LogP contribution in [0.4, 0.5) is 0 Å². The standard InChI is InChI=1S/C29H37.C6H11.C5H5.CH3.CH2.2ClH.Zr/c1-18-25-22-17-19-13-9-10-14-20(19)24(22)21-15-11-12-16-23(21)29(25,8)28(6,7)27(4,5)26(18,2)3;1-2-4-6-5-3-1;1-2-4-5-3-1;;;;;/h9-11,13-15,23H,12,16-17H2,1-8H3;1H,2-6H2;1-3H,4H2;1H3;1H2;2*1H;/q4*-1;;;;. The van der Waals surface area contributed by atoms with Crippen LogP contribution in [0.25, 0.3) is 5.57 Å². The van der Waals surface area contributed by atoms with Gasteiger partial charge in [-0.15, -0.1) is 38.2 Å². The zero-order valence-corrected chi connectivity index (χ0v) is 33.8. The molecule has 45 heavy (non-hydrogen) atoms. The van der Waals surface area contributed by atoms with Gasteiger partial charge in [0.2, 0.25) is 0 Å². The van der Waals surface area contributed by atoms with E-state index in [9.17, 15) is 0 Å². The Bertz CT molecular complexity index is 1260. The molecular weight excluding hydrogens is 667 g/mol. The number of allylic oxidation sites excluding steroid dienone is 10. The molecular formula is C42H60Cl2Zr-4. The van der Waals surface area contributed by atoms with Crippen molar-refractivity contribution in [3.63, 3.8) is 0 Å². The molecule has 3 heteroatoms. The molecule has 2 unspecified atom stereocenters. The van der Waals surface area contributed by atoms with Crippen LogP contribution in [0.2, 0.25) is 0 Å². The Kier molecular flexibility index (Phi) is 15.9. The number of hydrogen-bond donors (Lipinski definition) is 0. The van der Waals surface area contributed by atoms with Crippen LogP contribution in [-0.4, -0.2) is 4.21 Å². The van der Waals surface area contributed by atoms with E-state index in [4.69, 9.17) is 0 Å². The quantitative estimate of drug-likeness (QED) is 0.234. The zero-order valence-electron chi connectivity index (χ0n) is 29.7. The van der Waals surface area contributed by atoms with Crippen LogP contribution in [0.15, 0.2) is 71.4 Å². The van der Waals surface area contributed by atoms with E-state index in [2.05, 4.69) is 115 Å². The summed E-state index contributed by atoms with van der Waals surface area (Å²) in [5.74, 6) is 2.24. The van der Waals surface area contributed by atoms with Crippen LogP contribution < -0.4 is 0 Å². The van der Waals surface area contributed by atoms with Crippen molar-refractivity contribution in [1.82, 2.24) is 0 Å². The van der Waals surface area contributed by atoms with Gasteiger partial charge in [-0.3, -0.25) is 6.08 Å². The monoisotopic (exact) mass is 724 g/mol. The van der Waals surface area contributed by atoms with Gasteiger partial charge >= 0.3 is 28.4 Å². The van der Waals surface area contributed by atoms with Crippen molar-refractivity contribution in [3.05, 3.63) is 108 Å². The van der Waals surface area contributed by atoms with E-state index in [0.717, 1.165) is 12.8 Å². The van der Waals surface area contributed by atoms with Crippen molar-refractivity contribution in [2.45, 2.75) is 113 Å². The van der Waals surface area contributed by atoms with Crippen molar-refractivity contribution in [2.75, 3.05) is 0 Å². The SMILES string of the molecule is C[C-]1C2=C3Cc4ccccc4C3=C3C=CCCC3C2(C)C(C)(C)C(C)(C)C1(C)C.Cl.Cl.[C-]1=CC=CC1.[CH-]1CCCCC1.[CH2]=[Zr].[CH3-]. The third-order valence-electron chi connectivity index (χ3n) is 12.7. The summed E-state index contributed by atoms with van der Waals surface area (Å²) in [4.78, 5) is 0. The second kappa shape index (κ2) is 17.0. The molecule has 0 radical (unpaired) electrons. The summed E-state index contributed by atoms with van der Waals surface area (Å²) >= 11 is 1.30. The molecule has 0 heterocycles. The Morgan fingerprint density at radius 2 is 1.56 bits per heavy atom. The molecule has 0 aromatic heterocycles. The maximum Gasteiger partial charge on any atom is -0.358 e. The van der Waals surface area contributed by atoms with Crippen LogP contribution in [-0.2, 0) is 30.7 Å². The predicted molar refractivity (Wildman–Crippen MR) is 201 cm³/mol. The van der Waals surface area contributed by atoms with E-state index in [-0.39, 0.29) is 53.9 Å². The van der Waals surface area contributed by atoms with Gasteiger partial charge in [-0.25, -0.2) is 18.1 Å². The number of fused-ring (bicyclic) bond motifs is 6. The number of hydrogen-bond acceptors (Lipinski definition) is 0. The first-order valence-electron chi connectivity index (χ1n) is 16.4. The molecule has 0 nitrogen and oxygen atoms in total. The second-order valence-electron chi connectivity index (χ2n) is 14.7. The molecule has 0 aliphatic heterocycles. The summed E-state index contributed by atoms with van der Waals surface area (Å²) in [5.41, 5.74) is 10.3. The van der Waals surface area contributed by atoms with Crippen LogP contribution in [0, 0.1) is 53.4 Å². The molecule has 6 aliphatic carbocycles. The third-order valence-corrected chi connectivity index (χ3v) is 12.7. The molecule has 6 aliphatic rings. The maximum atomic E-state index is 3.34. The summed E-state index contributed by atoms with van der Waals surface area (Å²) in [6.07, 6.45) is 28.0. The molecule has 250 valence electrons. The zero-order chi connectivity index (χ0) is 30.8. The van der Waals surface area contributed by atoms with Gasteiger partial charge in [0, 0.05) is 0 Å². The van der Waals surface area contributed by atoms with Crippen molar-refractivity contribution < 1.29 is 24.2 Å². The molecule has 0 N–H and O–H groups in total. The van der Waals surface area contributed by atoms with Gasteiger partial charge in [0.15, 0.2) is 0 Å². The Balaban J connectivity index is 0.000000532. The second-order valence-corrected chi connectivity index (χ2v) is 14.7. The first-order chi connectivity index (χ1) is 20.0. The molecule has 2 fully saturated rings. The minimum Gasteiger partial charge on any atom is -0.358 e. The van der Waals surface area contributed by atoms with E-state index in [1.165, 1.54) is 80.3 Å². The van der Waals surface area contributed by atoms with Crippen LogP contribution in [0.1, 0.15) is 118 Å². The molecule has 0 bridgehead atoms. The summed E-state index contributed by atoms with van der Waals surface area (Å²) in [6, 6.07) is 9.16. The van der Waals surface area contributed by atoms with Crippen molar-refractivity contribution in [2.24, 2.45) is 27.6 Å². The molecule has 2 atom stereocenters. The smallest absolute Gasteiger partial charge is 0.358 e. The van der Waals surface area contributed by atoms with Gasteiger partial charge in [-0.05, 0) is 40.6 Å². The van der Waals surface area contributed by atoms with Crippen LogP contribution >= 0.6 is 24.8 Å². The molecule has 2 saturated carbocycles. The maximum absolute atomic E-state index is 3.34. The average Bonchev–Trinajstić information content (AvgIpc) is 3.71. The fourth-order valence-corrected chi connectivity index (χ4v) is 8.81. The summed E-state index contributed by atoms with van der Waals surface area (Å²) in [5, 5.41) is 0. The molecule has 0 saturated heterocycles. The predicted octanol–water partition coefficient (Wildman–Crippen LogP) is 12.7. The molecule has 1 aromatic carbocycles. The fraction of sp³-hybridized carbons (Fsp3) is 0.524. The number of benzene rings is 1. The van der Waals surface area contributed by atoms with Gasteiger partial charge in [0.1, 0.15) is 0 Å². The van der Waals surface area contributed by atoms with Crippen molar-refractivity contribution >= 4 is 34.6 Å². The number of rotatable bonds is 0. The molecule has 1 aromatic rings. The Morgan fingerprint density at radius 1 is 0.911 bits per heavy atom. The summed E-state index contributed by atoms with van der Waals surface area (Å²) < 4.78 is 3.34. The van der Waals surface area contributed by atoms with Gasteiger partial charge in [-0.1, -0.05) is 133 Å². The normalized spacial score (nSPS) is 26.6. The van der Waals surface area contributed by atoms with E-state index in [1.807, 2.05) is 12.2 Å². The molecule has 0 spiro atoms. The van der Waals surface area contributed by atoms with E-state index in [0.29, 0.717) is 5.92 Å². The average molecular weight is 727 g/mol. The minimum absolute atomic E-state index is 0. The number of halogens is 2. The summed E-state index contributed by atoms with van der Waals surface area (Å²) in [6.45, 7) is 20.3. The minimum atomic E-state index is 0. The molecule has 0 amide bonds. The first-order valence-corrected chi connectivity index (χ1v) is 18.2. The Labute approximate surface area is 305 Å². The van der Waals surface area contributed by atoms with E-state index in [1.54, 1.807) is 28.2 Å². The molecule has 7 rings (SSSR count).